The van der Waals surface area contributed by atoms with Crippen molar-refractivity contribution in [3.63, 3.8) is 0 Å². The van der Waals surface area contributed by atoms with Gasteiger partial charge in [0.1, 0.15) is 0 Å². The van der Waals surface area contributed by atoms with Gasteiger partial charge < -0.3 is 20.1 Å². The number of anilines is 1. The summed E-state index contributed by atoms with van der Waals surface area (Å²) < 4.78 is 4.94. The molecular formula is C10H17N3O3. The van der Waals surface area contributed by atoms with Crippen molar-refractivity contribution in [2.24, 2.45) is 0 Å². The highest BCUT2D eigenvalue weighted by atomic mass is 16.5. The lowest BCUT2D eigenvalue weighted by Gasteiger charge is -2.09. The third-order valence-electron chi connectivity index (χ3n) is 2.11. The predicted octanol–water partition coefficient (Wildman–Crippen LogP) is 0.351. The van der Waals surface area contributed by atoms with Crippen LogP contribution in [0.25, 0.3) is 0 Å². The molecule has 1 aromatic heterocycles. The second kappa shape index (κ2) is 6.12. The Morgan fingerprint density at radius 1 is 1.69 bits per heavy atom. The van der Waals surface area contributed by atoms with Crippen LogP contribution in [0.3, 0.4) is 0 Å². The van der Waals surface area contributed by atoms with Crippen LogP contribution < -0.4 is 15.6 Å². The van der Waals surface area contributed by atoms with E-state index in [1.165, 1.54) is 13.4 Å². The lowest BCUT2D eigenvalue weighted by molar-refractivity contribution is 0.183. The SMILES string of the molecule is COc1c(NCCCC(C)O)nc[nH]c1=O. The zero-order chi connectivity index (χ0) is 12.0. The van der Waals surface area contributed by atoms with E-state index < -0.39 is 0 Å². The highest BCUT2D eigenvalue weighted by molar-refractivity contribution is 5.47. The van der Waals surface area contributed by atoms with E-state index in [0.717, 1.165) is 6.42 Å². The first-order chi connectivity index (χ1) is 7.65. The third kappa shape index (κ3) is 3.54. The van der Waals surface area contributed by atoms with E-state index in [4.69, 9.17) is 9.84 Å². The molecule has 0 aliphatic rings. The van der Waals surface area contributed by atoms with Gasteiger partial charge in [0.25, 0.3) is 5.56 Å². The van der Waals surface area contributed by atoms with Crippen LogP contribution in [0.5, 0.6) is 5.75 Å². The molecule has 1 rings (SSSR count). The molecule has 0 bridgehead atoms. The minimum absolute atomic E-state index is 0.180. The summed E-state index contributed by atoms with van der Waals surface area (Å²) in [5.41, 5.74) is -0.310. The van der Waals surface area contributed by atoms with Crippen molar-refractivity contribution in [1.82, 2.24) is 9.97 Å². The van der Waals surface area contributed by atoms with Gasteiger partial charge in [0.05, 0.1) is 19.5 Å². The second-order valence-corrected chi connectivity index (χ2v) is 3.53. The zero-order valence-electron chi connectivity index (χ0n) is 9.49. The maximum absolute atomic E-state index is 11.3. The third-order valence-corrected chi connectivity index (χ3v) is 2.11. The second-order valence-electron chi connectivity index (χ2n) is 3.53. The Morgan fingerprint density at radius 3 is 3.06 bits per heavy atom. The minimum Gasteiger partial charge on any atom is -0.489 e. The number of H-pyrrole nitrogens is 1. The van der Waals surface area contributed by atoms with Crippen LogP contribution in [0.15, 0.2) is 11.1 Å². The average molecular weight is 227 g/mol. The van der Waals surface area contributed by atoms with Crippen LogP contribution in [-0.2, 0) is 0 Å². The molecule has 1 atom stereocenters. The Bertz CT molecular complexity index is 376. The van der Waals surface area contributed by atoms with Gasteiger partial charge in [0.15, 0.2) is 5.82 Å². The van der Waals surface area contributed by atoms with Crippen LogP contribution in [0.4, 0.5) is 5.82 Å². The van der Waals surface area contributed by atoms with Gasteiger partial charge in [-0.05, 0) is 19.8 Å². The van der Waals surface area contributed by atoms with Crippen molar-refractivity contribution in [3.05, 3.63) is 16.7 Å². The van der Waals surface area contributed by atoms with Gasteiger partial charge in [-0.1, -0.05) is 0 Å². The summed E-state index contributed by atoms with van der Waals surface area (Å²) in [6.45, 7) is 2.38. The fourth-order valence-electron chi connectivity index (χ4n) is 1.31. The largest absolute Gasteiger partial charge is 0.489 e. The van der Waals surface area contributed by atoms with Crippen LogP contribution in [0.2, 0.25) is 0 Å². The molecule has 6 heteroatoms. The normalized spacial score (nSPS) is 12.2. The molecule has 1 aromatic rings. The Balaban J connectivity index is 2.53. The van der Waals surface area contributed by atoms with Gasteiger partial charge in [-0.25, -0.2) is 4.98 Å². The number of methoxy groups -OCH3 is 1. The number of aliphatic hydroxyl groups is 1. The van der Waals surface area contributed by atoms with Gasteiger partial charge in [-0.15, -0.1) is 0 Å². The lowest BCUT2D eigenvalue weighted by Crippen LogP contribution is -2.15. The van der Waals surface area contributed by atoms with Gasteiger partial charge in [0.2, 0.25) is 5.75 Å². The number of aliphatic hydroxyl groups excluding tert-OH is 1. The highest BCUT2D eigenvalue weighted by Gasteiger charge is 2.07. The summed E-state index contributed by atoms with van der Waals surface area (Å²) >= 11 is 0. The molecule has 0 saturated heterocycles. The molecular weight excluding hydrogens is 210 g/mol. The number of nitrogens with one attached hydrogen (secondary N) is 2. The standard InChI is InChI=1S/C10H17N3O3/c1-7(14)4-3-5-11-9-8(16-2)10(15)13-6-12-9/h6-7,14H,3-5H2,1-2H3,(H2,11,12,13,15). The number of rotatable bonds is 6. The van der Waals surface area contributed by atoms with E-state index >= 15 is 0 Å². The molecule has 3 N–H and O–H groups in total. The molecule has 16 heavy (non-hydrogen) atoms. The molecule has 1 unspecified atom stereocenters. The van der Waals surface area contributed by atoms with Gasteiger partial charge in [-0.2, -0.15) is 0 Å². The fraction of sp³-hybridized carbons (Fsp3) is 0.600. The first-order valence-corrected chi connectivity index (χ1v) is 5.18. The van der Waals surface area contributed by atoms with Gasteiger partial charge in [0, 0.05) is 6.54 Å². The molecule has 0 aliphatic heterocycles. The van der Waals surface area contributed by atoms with E-state index in [9.17, 15) is 4.79 Å². The summed E-state index contributed by atoms with van der Waals surface area (Å²) in [6.07, 6.45) is 2.52. The lowest BCUT2D eigenvalue weighted by atomic mass is 10.2. The van der Waals surface area contributed by atoms with E-state index in [2.05, 4.69) is 15.3 Å². The maximum Gasteiger partial charge on any atom is 0.295 e. The molecule has 0 saturated carbocycles. The molecule has 0 aliphatic carbocycles. The topological polar surface area (TPSA) is 87.2 Å². The number of hydrogen-bond donors (Lipinski definition) is 3. The molecule has 6 nitrogen and oxygen atoms in total. The molecule has 0 fully saturated rings. The number of nitrogens with zero attached hydrogens (tertiary/aromatic N) is 1. The van der Waals surface area contributed by atoms with E-state index in [1.54, 1.807) is 6.92 Å². The Morgan fingerprint density at radius 2 is 2.44 bits per heavy atom. The van der Waals surface area contributed by atoms with Crippen LogP contribution in [0.1, 0.15) is 19.8 Å². The molecule has 0 radical (unpaired) electrons. The van der Waals surface area contributed by atoms with Crippen molar-refractivity contribution in [2.45, 2.75) is 25.9 Å². The zero-order valence-corrected chi connectivity index (χ0v) is 9.49. The minimum atomic E-state index is -0.310. The fourth-order valence-corrected chi connectivity index (χ4v) is 1.31. The van der Waals surface area contributed by atoms with Crippen LogP contribution in [-0.4, -0.2) is 34.8 Å². The van der Waals surface area contributed by atoms with Crippen LogP contribution >= 0.6 is 0 Å². The molecule has 0 amide bonds. The first-order valence-electron chi connectivity index (χ1n) is 5.18. The summed E-state index contributed by atoms with van der Waals surface area (Å²) in [5, 5.41) is 12.1. The van der Waals surface area contributed by atoms with E-state index in [1.807, 2.05) is 0 Å². The summed E-state index contributed by atoms with van der Waals surface area (Å²) in [5.74, 6) is 0.608. The van der Waals surface area contributed by atoms with Gasteiger partial charge in [-0.3, -0.25) is 4.79 Å². The molecule has 0 aromatic carbocycles. The number of hydrogen-bond acceptors (Lipinski definition) is 5. The Kier molecular flexibility index (Phi) is 4.78. The predicted molar refractivity (Wildman–Crippen MR) is 60.8 cm³/mol. The monoisotopic (exact) mass is 227 g/mol. The molecule has 1 heterocycles. The van der Waals surface area contributed by atoms with Gasteiger partial charge >= 0.3 is 0 Å². The maximum atomic E-state index is 11.3. The van der Waals surface area contributed by atoms with Crippen molar-refractivity contribution in [1.29, 1.82) is 0 Å². The summed E-state index contributed by atoms with van der Waals surface area (Å²) in [7, 11) is 1.42. The quantitative estimate of drug-likeness (QED) is 0.610. The van der Waals surface area contributed by atoms with Crippen molar-refractivity contribution < 1.29 is 9.84 Å². The average Bonchev–Trinajstić information content (AvgIpc) is 2.24. The highest BCUT2D eigenvalue weighted by Crippen LogP contribution is 2.14. The number of ether oxygens (including phenoxy) is 1. The van der Waals surface area contributed by atoms with E-state index in [0.29, 0.717) is 18.8 Å². The molecule has 90 valence electrons. The number of aromatic amines is 1. The summed E-state index contributed by atoms with van der Waals surface area (Å²) in [6, 6.07) is 0. The summed E-state index contributed by atoms with van der Waals surface area (Å²) in [4.78, 5) is 17.7. The Hall–Kier alpha value is -1.56. The van der Waals surface area contributed by atoms with Crippen molar-refractivity contribution in [3.8, 4) is 5.75 Å². The first kappa shape index (κ1) is 12.5. The van der Waals surface area contributed by atoms with Crippen LogP contribution in [0, 0.1) is 0 Å². The van der Waals surface area contributed by atoms with Crippen molar-refractivity contribution >= 4 is 5.82 Å². The Labute approximate surface area is 93.7 Å². The number of aromatic nitrogens is 2. The smallest absolute Gasteiger partial charge is 0.295 e. The van der Waals surface area contributed by atoms with Crippen molar-refractivity contribution in [2.75, 3.05) is 19.0 Å². The van der Waals surface area contributed by atoms with E-state index in [-0.39, 0.29) is 17.4 Å². The molecule has 0 spiro atoms.